The summed E-state index contributed by atoms with van der Waals surface area (Å²) in [5.74, 6) is 1.04. The van der Waals surface area contributed by atoms with E-state index in [2.05, 4.69) is 28.2 Å². The number of piperazine rings is 1. The Hall–Kier alpha value is -2.60. The molecule has 0 radical (unpaired) electrons. The molecule has 166 valence electrons. The van der Waals surface area contributed by atoms with Gasteiger partial charge in [-0.15, -0.1) is 12.4 Å². The van der Waals surface area contributed by atoms with Crippen LogP contribution in [0.15, 0.2) is 30.5 Å². The van der Waals surface area contributed by atoms with Crippen molar-refractivity contribution in [3.05, 3.63) is 58.3 Å². The van der Waals surface area contributed by atoms with E-state index in [4.69, 9.17) is 0 Å². The zero-order chi connectivity index (χ0) is 21.4. The van der Waals surface area contributed by atoms with Crippen molar-refractivity contribution in [1.82, 2.24) is 15.2 Å². The van der Waals surface area contributed by atoms with Crippen LogP contribution >= 0.6 is 12.4 Å². The van der Waals surface area contributed by atoms with Crippen LogP contribution in [0.4, 0.5) is 5.82 Å². The Morgan fingerprint density at radius 3 is 2.35 bits per heavy atom. The zero-order valence-corrected chi connectivity index (χ0v) is 19.5. The maximum atomic E-state index is 13.1. The fourth-order valence-electron chi connectivity index (χ4n) is 4.67. The second kappa shape index (κ2) is 9.27. The van der Waals surface area contributed by atoms with Crippen molar-refractivity contribution in [2.45, 2.75) is 46.1 Å². The normalized spacial score (nSPS) is 21.0. The van der Waals surface area contributed by atoms with Gasteiger partial charge >= 0.3 is 0 Å². The van der Waals surface area contributed by atoms with Gasteiger partial charge in [0.05, 0.1) is 5.92 Å². The summed E-state index contributed by atoms with van der Waals surface area (Å²) in [5.41, 5.74) is 5.06. The van der Waals surface area contributed by atoms with E-state index in [0.29, 0.717) is 18.7 Å². The molecule has 0 aliphatic carbocycles. The Labute approximate surface area is 190 Å². The second-order valence-corrected chi connectivity index (χ2v) is 8.70. The highest BCUT2D eigenvalue weighted by Gasteiger charge is 2.32. The van der Waals surface area contributed by atoms with Crippen LogP contribution in [0.2, 0.25) is 0 Å². The first-order valence-corrected chi connectivity index (χ1v) is 10.7. The minimum Gasteiger partial charge on any atom is -0.353 e. The highest BCUT2D eigenvalue weighted by atomic mass is 35.5. The summed E-state index contributed by atoms with van der Waals surface area (Å²) in [4.78, 5) is 34.0. The molecule has 0 saturated carbocycles. The molecule has 1 unspecified atom stereocenters. The van der Waals surface area contributed by atoms with Gasteiger partial charge in [-0.3, -0.25) is 9.59 Å². The van der Waals surface area contributed by atoms with Crippen LogP contribution < -0.4 is 10.2 Å². The summed E-state index contributed by atoms with van der Waals surface area (Å²) in [6, 6.07) is 8.12. The van der Waals surface area contributed by atoms with E-state index in [1.807, 2.05) is 50.1 Å². The van der Waals surface area contributed by atoms with Gasteiger partial charge in [0.2, 0.25) is 5.91 Å². The number of hydrogen-bond donors (Lipinski definition) is 1. The molecular formula is C24H31ClN4O2. The number of carbonyl (C=O) groups is 2. The molecule has 2 aliphatic rings. The van der Waals surface area contributed by atoms with Gasteiger partial charge in [0.1, 0.15) is 5.82 Å². The fourth-order valence-corrected chi connectivity index (χ4v) is 4.67. The van der Waals surface area contributed by atoms with E-state index in [0.717, 1.165) is 42.0 Å². The number of nitrogens with one attached hydrogen (secondary N) is 1. The molecule has 1 N–H and O–H groups in total. The van der Waals surface area contributed by atoms with Crippen LogP contribution in [0, 0.1) is 20.8 Å². The van der Waals surface area contributed by atoms with Gasteiger partial charge in [-0.2, -0.15) is 0 Å². The number of aromatic nitrogens is 1. The summed E-state index contributed by atoms with van der Waals surface area (Å²) in [7, 11) is 0. The molecule has 0 bridgehead atoms. The molecule has 2 saturated heterocycles. The lowest BCUT2D eigenvalue weighted by Gasteiger charge is -2.36. The predicted octanol–water partition coefficient (Wildman–Crippen LogP) is 3.38. The molecule has 6 nitrogen and oxygen atoms in total. The first-order chi connectivity index (χ1) is 14.3. The molecule has 31 heavy (non-hydrogen) atoms. The molecule has 0 spiro atoms. The highest BCUT2D eigenvalue weighted by molar-refractivity contribution is 5.95. The van der Waals surface area contributed by atoms with E-state index in [1.165, 1.54) is 5.56 Å². The van der Waals surface area contributed by atoms with E-state index in [-0.39, 0.29) is 36.2 Å². The van der Waals surface area contributed by atoms with Crippen molar-refractivity contribution in [3.63, 3.8) is 0 Å². The highest BCUT2D eigenvalue weighted by Crippen LogP contribution is 2.30. The maximum Gasteiger partial charge on any atom is 0.253 e. The average molecular weight is 443 g/mol. The molecule has 2 aromatic rings. The second-order valence-electron chi connectivity index (χ2n) is 8.70. The topological polar surface area (TPSA) is 65.5 Å². The standard InChI is InChI=1S/C24H30N4O2.ClH/c1-15-11-17(3)22(25-14-15)27-7-9-28(10-8-27)24(30)19-5-6-20(16(2)12-19)21-13-18(4)26-23(21)29;/h5-6,11-12,14,18,21H,7-10,13H2,1-4H3,(H,26,29);1H/t18?,21-;/m1./s1. The average Bonchev–Trinajstić information content (AvgIpc) is 3.05. The Kier molecular flexibility index (Phi) is 6.90. The van der Waals surface area contributed by atoms with Gasteiger partial charge in [-0.25, -0.2) is 4.98 Å². The van der Waals surface area contributed by atoms with Gasteiger partial charge in [0, 0.05) is 44.0 Å². The third-order valence-electron chi connectivity index (χ3n) is 6.24. The van der Waals surface area contributed by atoms with Crippen molar-refractivity contribution in [3.8, 4) is 0 Å². The van der Waals surface area contributed by atoms with Gasteiger partial charge in [-0.1, -0.05) is 12.1 Å². The third-order valence-corrected chi connectivity index (χ3v) is 6.24. The number of pyridine rings is 1. The summed E-state index contributed by atoms with van der Waals surface area (Å²) in [6.07, 6.45) is 2.71. The first kappa shape index (κ1) is 23.1. The molecule has 3 heterocycles. The predicted molar refractivity (Wildman–Crippen MR) is 125 cm³/mol. The van der Waals surface area contributed by atoms with E-state index in [1.54, 1.807) is 0 Å². The number of carbonyl (C=O) groups excluding carboxylic acids is 2. The van der Waals surface area contributed by atoms with E-state index in [9.17, 15) is 9.59 Å². The van der Waals surface area contributed by atoms with Crippen LogP contribution in [0.5, 0.6) is 0 Å². The number of nitrogens with zero attached hydrogens (tertiary/aromatic N) is 3. The number of hydrogen-bond acceptors (Lipinski definition) is 4. The lowest BCUT2D eigenvalue weighted by Crippen LogP contribution is -2.49. The molecule has 2 amide bonds. The molecule has 2 fully saturated rings. The summed E-state index contributed by atoms with van der Waals surface area (Å²) in [6.45, 7) is 11.1. The smallest absolute Gasteiger partial charge is 0.253 e. The fraction of sp³-hybridized carbons (Fsp3) is 0.458. The van der Waals surface area contributed by atoms with Crippen LogP contribution in [0.25, 0.3) is 0 Å². The number of halogens is 1. The van der Waals surface area contributed by atoms with Gasteiger partial charge in [0.15, 0.2) is 0 Å². The monoisotopic (exact) mass is 442 g/mol. The van der Waals surface area contributed by atoms with Gasteiger partial charge in [-0.05, 0) is 68.5 Å². The molecule has 2 atom stereocenters. The molecule has 1 aromatic carbocycles. The SMILES string of the molecule is Cc1cnc(N2CCN(C(=O)c3ccc([C@H]4CC(C)NC4=O)c(C)c3)CC2)c(C)c1.Cl. The number of anilines is 1. The molecule has 7 heteroatoms. The summed E-state index contributed by atoms with van der Waals surface area (Å²) >= 11 is 0. The first-order valence-electron chi connectivity index (χ1n) is 10.7. The summed E-state index contributed by atoms with van der Waals surface area (Å²) in [5, 5.41) is 2.98. The quantitative estimate of drug-likeness (QED) is 0.791. The number of benzene rings is 1. The van der Waals surface area contributed by atoms with E-state index < -0.39 is 0 Å². The van der Waals surface area contributed by atoms with Crippen molar-refractivity contribution in [1.29, 1.82) is 0 Å². The Bertz CT molecular complexity index is 986. The van der Waals surface area contributed by atoms with Crippen LogP contribution in [-0.4, -0.2) is 53.9 Å². The van der Waals surface area contributed by atoms with Gasteiger partial charge < -0.3 is 15.1 Å². The minimum absolute atomic E-state index is 0. The lowest BCUT2D eigenvalue weighted by molar-refractivity contribution is -0.120. The minimum atomic E-state index is -0.113. The molecule has 2 aliphatic heterocycles. The Balaban J connectivity index is 0.00000272. The van der Waals surface area contributed by atoms with Crippen molar-refractivity contribution < 1.29 is 9.59 Å². The third kappa shape index (κ3) is 4.69. The maximum absolute atomic E-state index is 13.1. The Morgan fingerprint density at radius 1 is 1.06 bits per heavy atom. The van der Waals surface area contributed by atoms with Gasteiger partial charge in [0.25, 0.3) is 5.91 Å². The van der Waals surface area contributed by atoms with Crippen molar-refractivity contribution >= 4 is 30.0 Å². The molecule has 1 aromatic heterocycles. The molecule has 4 rings (SSSR count). The number of amides is 2. The summed E-state index contributed by atoms with van der Waals surface area (Å²) < 4.78 is 0. The van der Waals surface area contributed by atoms with Crippen LogP contribution in [0.3, 0.4) is 0 Å². The van der Waals surface area contributed by atoms with Crippen LogP contribution in [-0.2, 0) is 4.79 Å². The molecular weight excluding hydrogens is 412 g/mol. The van der Waals surface area contributed by atoms with Crippen molar-refractivity contribution in [2.75, 3.05) is 31.1 Å². The van der Waals surface area contributed by atoms with E-state index >= 15 is 0 Å². The van der Waals surface area contributed by atoms with Crippen LogP contribution in [0.1, 0.15) is 51.9 Å². The number of aryl methyl sites for hydroxylation is 3. The lowest BCUT2D eigenvalue weighted by atomic mass is 9.91. The van der Waals surface area contributed by atoms with Crippen molar-refractivity contribution in [2.24, 2.45) is 0 Å². The zero-order valence-electron chi connectivity index (χ0n) is 18.6. The number of rotatable bonds is 3. The largest absolute Gasteiger partial charge is 0.353 e. The Morgan fingerprint density at radius 2 is 1.77 bits per heavy atom.